The highest BCUT2D eigenvalue weighted by Crippen LogP contribution is 2.28. The number of ether oxygens (including phenoxy) is 1. The predicted octanol–water partition coefficient (Wildman–Crippen LogP) is 4.68. The Bertz CT molecular complexity index is 629. The number of hydrogen-bond donors (Lipinski definition) is 0. The van der Waals surface area contributed by atoms with E-state index in [2.05, 4.69) is 40.1 Å². The van der Waals surface area contributed by atoms with Crippen molar-refractivity contribution in [3.8, 4) is 5.75 Å². The van der Waals surface area contributed by atoms with Crippen molar-refractivity contribution in [3.63, 3.8) is 0 Å². The van der Waals surface area contributed by atoms with Crippen molar-refractivity contribution in [3.05, 3.63) is 44.7 Å². The topological polar surface area (TPSA) is 27.1 Å². The first-order valence-electron chi connectivity index (χ1n) is 6.97. The molecular weight excluding hydrogens is 352 g/mol. The molecule has 21 heavy (non-hydrogen) atoms. The molecule has 3 nitrogen and oxygen atoms in total. The molecule has 0 saturated carbocycles. The standard InChI is InChI=1S/C16H20BrClN2O/c1-5-13-15(17)14(20(4)19-13)9-21-16-10(2)6-12(8-18)7-11(16)3/h6-7H,5,8-9H2,1-4H3. The summed E-state index contributed by atoms with van der Waals surface area (Å²) in [5.74, 6) is 1.45. The van der Waals surface area contributed by atoms with Crippen molar-refractivity contribution >= 4 is 27.5 Å². The molecule has 0 aliphatic heterocycles. The second-order valence-electron chi connectivity index (χ2n) is 5.17. The normalized spacial score (nSPS) is 11.0. The van der Waals surface area contributed by atoms with Crippen molar-refractivity contribution in [2.45, 2.75) is 39.7 Å². The summed E-state index contributed by atoms with van der Waals surface area (Å²) in [6.07, 6.45) is 0.900. The highest BCUT2D eigenvalue weighted by atomic mass is 79.9. The average molecular weight is 372 g/mol. The minimum atomic E-state index is 0.492. The zero-order chi connectivity index (χ0) is 15.6. The third-order valence-corrected chi connectivity index (χ3v) is 4.75. The van der Waals surface area contributed by atoms with Crippen LogP contribution >= 0.6 is 27.5 Å². The summed E-state index contributed by atoms with van der Waals surface area (Å²) in [6.45, 7) is 6.69. The van der Waals surface area contributed by atoms with Crippen molar-refractivity contribution in [2.24, 2.45) is 7.05 Å². The van der Waals surface area contributed by atoms with E-state index in [4.69, 9.17) is 16.3 Å². The fourth-order valence-corrected chi connectivity index (χ4v) is 3.35. The van der Waals surface area contributed by atoms with Crippen molar-refractivity contribution in [1.82, 2.24) is 9.78 Å². The Labute approximate surface area is 139 Å². The summed E-state index contributed by atoms with van der Waals surface area (Å²) >= 11 is 9.51. The minimum Gasteiger partial charge on any atom is -0.487 e. The van der Waals surface area contributed by atoms with Gasteiger partial charge in [0, 0.05) is 12.9 Å². The van der Waals surface area contributed by atoms with Gasteiger partial charge in [-0.15, -0.1) is 11.6 Å². The smallest absolute Gasteiger partial charge is 0.131 e. The Morgan fingerprint density at radius 3 is 2.38 bits per heavy atom. The van der Waals surface area contributed by atoms with Gasteiger partial charge in [0.05, 0.1) is 15.9 Å². The number of rotatable bonds is 5. The molecule has 114 valence electrons. The number of aryl methyl sites for hydroxylation is 4. The van der Waals surface area contributed by atoms with Crippen LogP contribution in [0.1, 0.15) is 35.0 Å². The lowest BCUT2D eigenvalue weighted by Gasteiger charge is -2.14. The van der Waals surface area contributed by atoms with Crippen LogP contribution in [0, 0.1) is 13.8 Å². The minimum absolute atomic E-state index is 0.492. The summed E-state index contributed by atoms with van der Waals surface area (Å²) in [5, 5.41) is 4.49. The Morgan fingerprint density at radius 2 is 1.90 bits per heavy atom. The van der Waals surface area contributed by atoms with Crippen LogP contribution in [0.5, 0.6) is 5.75 Å². The van der Waals surface area contributed by atoms with Gasteiger partial charge in [-0.1, -0.05) is 19.1 Å². The Morgan fingerprint density at radius 1 is 1.29 bits per heavy atom. The van der Waals surface area contributed by atoms with Crippen molar-refractivity contribution < 1.29 is 4.74 Å². The molecule has 0 spiro atoms. The van der Waals surface area contributed by atoms with Crippen molar-refractivity contribution in [1.29, 1.82) is 0 Å². The highest BCUT2D eigenvalue weighted by molar-refractivity contribution is 9.10. The van der Waals surface area contributed by atoms with Gasteiger partial charge < -0.3 is 4.74 Å². The van der Waals surface area contributed by atoms with Gasteiger partial charge in [-0.05, 0) is 52.9 Å². The molecule has 1 aromatic carbocycles. The quantitative estimate of drug-likeness (QED) is 0.714. The van der Waals surface area contributed by atoms with Gasteiger partial charge in [-0.2, -0.15) is 5.10 Å². The van der Waals surface area contributed by atoms with Crippen LogP contribution in [0.4, 0.5) is 0 Å². The lowest BCUT2D eigenvalue weighted by Crippen LogP contribution is -2.05. The van der Waals surface area contributed by atoms with Gasteiger partial charge in [-0.3, -0.25) is 4.68 Å². The Balaban J connectivity index is 2.23. The number of benzene rings is 1. The van der Waals surface area contributed by atoms with Crippen LogP contribution in [0.2, 0.25) is 0 Å². The number of halogens is 2. The number of hydrogen-bond acceptors (Lipinski definition) is 2. The summed E-state index contributed by atoms with van der Waals surface area (Å²) in [4.78, 5) is 0. The van der Waals surface area contributed by atoms with Crippen LogP contribution < -0.4 is 4.74 Å². The van der Waals surface area contributed by atoms with E-state index in [1.54, 1.807) is 0 Å². The van der Waals surface area contributed by atoms with Crippen LogP contribution in [-0.4, -0.2) is 9.78 Å². The molecule has 2 rings (SSSR count). The molecule has 0 radical (unpaired) electrons. The zero-order valence-electron chi connectivity index (χ0n) is 12.8. The van der Waals surface area contributed by atoms with E-state index in [9.17, 15) is 0 Å². The first kappa shape index (κ1) is 16.4. The molecule has 0 amide bonds. The maximum atomic E-state index is 6.04. The van der Waals surface area contributed by atoms with Crippen LogP contribution in [0.25, 0.3) is 0 Å². The maximum absolute atomic E-state index is 6.04. The highest BCUT2D eigenvalue weighted by Gasteiger charge is 2.14. The number of nitrogens with zero attached hydrogens (tertiary/aromatic N) is 2. The molecule has 1 heterocycles. The lowest BCUT2D eigenvalue weighted by atomic mass is 10.1. The van der Waals surface area contributed by atoms with Gasteiger partial charge in [0.25, 0.3) is 0 Å². The van der Waals surface area contributed by atoms with E-state index in [1.807, 2.05) is 25.6 Å². The summed E-state index contributed by atoms with van der Waals surface area (Å²) in [6, 6.07) is 4.15. The summed E-state index contributed by atoms with van der Waals surface area (Å²) in [5.41, 5.74) is 5.45. The molecule has 0 aliphatic carbocycles. The van der Waals surface area contributed by atoms with Crippen LogP contribution in [0.3, 0.4) is 0 Å². The van der Waals surface area contributed by atoms with E-state index in [0.717, 1.165) is 44.7 Å². The molecule has 2 aromatic rings. The van der Waals surface area contributed by atoms with Crippen molar-refractivity contribution in [2.75, 3.05) is 0 Å². The maximum Gasteiger partial charge on any atom is 0.131 e. The van der Waals surface area contributed by atoms with E-state index < -0.39 is 0 Å². The van der Waals surface area contributed by atoms with Gasteiger partial charge in [0.2, 0.25) is 0 Å². The summed E-state index contributed by atoms with van der Waals surface area (Å²) < 4.78 is 8.96. The molecular formula is C16H20BrClN2O. The molecule has 0 bridgehead atoms. The van der Waals surface area contributed by atoms with Gasteiger partial charge in [0.15, 0.2) is 0 Å². The van der Waals surface area contributed by atoms with E-state index in [1.165, 1.54) is 0 Å². The Hall–Kier alpha value is -1.000. The van der Waals surface area contributed by atoms with Gasteiger partial charge in [-0.25, -0.2) is 0 Å². The summed E-state index contributed by atoms with van der Waals surface area (Å²) in [7, 11) is 1.94. The first-order valence-corrected chi connectivity index (χ1v) is 8.29. The Kier molecular flexibility index (Phi) is 5.33. The molecule has 0 saturated heterocycles. The molecule has 0 aliphatic rings. The largest absolute Gasteiger partial charge is 0.487 e. The second-order valence-corrected chi connectivity index (χ2v) is 6.23. The van der Waals surface area contributed by atoms with E-state index >= 15 is 0 Å². The van der Waals surface area contributed by atoms with Gasteiger partial charge >= 0.3 is 0 Å². The van der Waals surface area contributed by atoms with Crippen LogP contribution in [0.15, 0.2) is 16.6 Å². The molecule has 0 unspecified atom stereocenters. The van der Waals surface area contributed by atoms with Gasteiger partial charge in [0.1, 0.15) is 12.4 Å². The fourth-order valence-electron chi connectivity index (χ4n) is 2.46. The predicted molar refractivity (Wildman–Crippen MR) is 90.1 cm³/mol. The number of aromatic nitrogens is 2. The molecule has 0 N–H and O–H groups in total. The lowest BCUT2D eigenvalue weighted by molar-refractivity contribution is 0.290. The first-order chi connectivity index (χ1) is 9.97. The van der Waals surface area contributed by atoms with E-state index in [-0.39, 0.29) is 0 Å². The number of alkyl halides is 1. The monoisotopic (exact) mass is 370 g/mol. The molecule has 0 atom stereocenters. The molecule has 5 heteroatoms. The second kappa shape index (κ2) is 6.84. The van der Waals surface area contributed by atoms with E-state index in [0.29, 0.717) is 12.5 Å². The average Bonchev–Trinajstić information content (AvgIpc) is 2.72. The third-order valence-electron chi connectivity index (χ3n) is 3.53. The third kappa shape index (κ3) is 3.43. The SMILES string of the molecule is CCc1nn(C)c(COc2c(C)cc(CCl)cc2C)c1Br. The molecule has 0 fully saturated rings. The van der Waals surface area contributed by atoms with Crippen LogP contribution in [-0.2, 0) is 26.0 Å². The molecule has 1 aromatic heterocycles. The zero-order valence-corrected chi connectivity index (χ0v) is 15.2. The fraction of sp³-hybridized carbons (Fsp3) is 0.438.